The molecule has 200 valence electrons. The number of hydrogen-bond acceptors (Lipinski definition) is 0. The molecule has 0 N–H and O–H groups in total. The summed E-state index contributed by atoms with van der Waals surface area (Å²) in [5.41, 5.74) is 5.10. The van der Waals surface area contributed by atoms with Gasteiger partial charge in [0, 0.05) is 4.47 Å². The van der Waals surface area contributed by atoms with Gasteiger partial charge in [-0.2, -0.15) is 0 Å². The summed E-state index contributed by atoms with van der Waals surface area (Å²) in [7, 11) is 0. The minimum absolute atomic E-state index is 1.16. The Labute approximate surface area is 258 Å². The van der Waals surface area contributed by atoms with Crippen molar-refractivity contribution in [2.75, 3.05) is 0 Å². The third kappa shape index (κ3) is 3.68. The van der Waals surface area contributed by atoms with Gasteiger partial charge >= 0.3 is 0 Å². The Balaban J connectivity index is 1.40. The van der Waals surface area contributed by atoms with E-state index in [0.717, 1.165) is 4.47 Å². The SMILES string of the molecule is Brc1c2ccccc2cc2c1ccc1c(-c3c4ccccc4c(-c4ccc5ccccc5c4)c4ccccc34)cccc12. The monoisotopic (exact) mass is 608 g/mol. The fraction of sp³-hybridized carbons (Fsp3) is 0. The molecule has 1 heteroatoms. The normalized spacial score (nSPS) is 11.8. The van der Waals surface area contributed by atoms with Crippen LogP contribution in [0.2, 0.25) is 0 Å². The molecule has 0 aliphatic heterocycles. The largest absolute Gasteiger partial charge is 0.0616 e. The molecule has 0 saturated carbocycles. The first-order chi connectivity index (χ1) is 21.3. The van der Waals surface area contributed by atoms with Crippen LogP contribution >= 0.6 is 15.9 Å². The van der Waals surface area contributed by atoms with E-state index in [1.807, 2.05) is 0 Å². The molecule has 0 aliphatic rings. The lowest BCUT2D eigenvalue weighted by Crippen LogP contribution is -1.92. The highest BCUT2D eigenvalue weighted by Crippen LogP contribution is 2.46. The van der Waals surface area contributed by atoms with E-state index in [-0.39, 0.29) is 0 Å². The van der Waals surface area contributed by atoms with Gasteiger partial charge in [-0.05, 0) is 115 Å². The van der Waals surface area contributed by atoms with Crippen LogP contribution in [0.25, 0.3) is 86.9 Å². The summed E-state index contributed by atoms with van der Waals surface area (Å²) in [6.07, 6.45) is 0. The molecule has 43 heavy (non-hydrogen) atoms. The van der Waals surface area contributed by atoms with E-state index in [1.165, 1.54) is 86.9 Å². The van der Waals surface area contributed by atoms with Gasteiger partial charge in [-0.3, -0.25) is 0 Å². The summed E-state index contributed by atoms with van der Waals surface area (Å²) in [5.74, 6) is 0. The van der Waals surface area contributed by atoms with Gasteiger partial charge in [-0.1, -0.05) is 140 Å². The summed E-state index contributed by atoms with van der Waals surface area (Å²) in [4.78, 5) is 0. The van der Waals surface area contributed by atoms with Crippen LogP contribution in [0.4, 0.5) is 0 Å². The lowest BCUT2D eigenvalue weighted by molar-refractivity contribution is 1.68. The van der Waals surface area contributed by atoms with Crippen molar-refractivity contribution in [1.82, 2.24) is 0 Å². The average molecular weight is 610 g/mol. The Morgan fingerprint density at radius 1 is 0.302 bits per heavy atom. The van der Waals surface area contributed by atoms with Crippen LogP contribution in [0.15, 0.2) is 156 Å². The van der Waals surface area contributed by atoms with Gasteiger partial charge in [0.2, 0.25) is 0 Å². The Bertz CT molecular complexity index is 2520. The third-order valence-corrected chi connectivity index (χ3v) is 9.93. The third-order valence-electron chi connectivity index (χ3n) is 9.08. The van der Waals surface area contributed by atoms with Gasteiger partial charge in [0.05, 0.1) is 0 Å². The van der Waals surface area contributed by atoms with E-state index in [4.69, 9.17) is 0 Å². The molecule has 0 atom stereocenters. The second-order valence-corrected chi connectivity index (χ2v) is 12.2. The van der Waals surface area contributed by atoms with Crippen LogP contribution in [-0.2, 0) is 0 Å². The van der Waals surface area contributed by atoms with Gasteiger partial charge in [-0.25, -0.2) is 0 Å². The lowest BCUT2D eigenvalue weighted by atomic mass is 9.84. The summed E-state index contributed by atoms with van der Waals surface area (Å²) in [6, 6.07) is 55.7. The standard InChI is InChI=1S/C42H25Br/c43-42-30-13-4-3-12-28(30)25-39-31-18-9-19-33(32(31)22-23-38(39)42)41-36-16-7-5-14-34(36)40(35-15-6-8-17-37(35)41)29-21-20-26-10-1-2-11-27(26)24-29/h1-25H. The Hall–Kier alpha value is -4.98. The van der Waals surface area contributed by atoms with Crippen molar-refractivity contribution >= 4 is 80.6 Å². The first-order valence-electron chi connectivity index (χ1n) is 14.7. The molecule has 0 saturated heterocycles. The molecule has 9 rings (SSSR count). The maximum absolute atomic E-state index is 3.94. The summed E-state index contributed by atoms with van der Waals surface area (Å²) in [6.45, 7) is 0. The molecule has 9 aromatic rings. The Morgan fingerprint density at radius 3 is 1.58 bits per heavy atom. The van der Waals surface area contributed by atoms with Crippen LogP contribution in [0, 0.1) is 0 Å². The van der Waals surface area contributed by atoms with Crippen molar-refractivity contribution in [3.63, 3.8) is 0 Å². The van der Waals surface area contributed by atoms with Crippen LogP contribution in [0.3, 0.4) is 0 Å². The van der Waals surface area contributed by atoms with Crippen LogP contribution in [-0.4, -0.2) is 0 Å². The van der Waals surface area contributed by atoms with Gasteiger partial charge < -0.3 is 0 Å². The van der Waals surface area contributed by atoms with Crippen molar-refractivity contribution in [3.05, 3.63) is 156 Å². The molecule has 0 nitrogen and oxygen atoms in total. The molecule has 0 unspecified atom stereocenters. The minimum Gasteiger partial charge on any atom is -0.0616 e. The van der Waals surface area contributed by atoms with Crippen molar-refractivity contribution < 1.29 is 0 Å². The molecule has 0 bridgehead atoms. The predicted octanol–water partition coefficient (Wildman–Crippen LogP) is 12.7. The molecule has 0 fully saturated rings. The van der Waals surface area contributed by atoms with Gasteiger partial charge in [0.25, 0.3) is 0 Å². The van der Waals surface area contributed by atoms with Crippen LogP contribution in [0.5, 0.6) is 0 Å². The summed E-state index contributed by atoms with van der Waals surface area (Å²) in [5, 5.41) is 15.2. The fourth-order valence-electron chi connectivity index (χ4n) is 7.14. The van der Waals surface area contributed by atoms with Gasteiger partial charge in [-0.15, -0.1) is 0 Å². The first kappa shape index (κ1) is 24.6. The zero-order valence-corrected chi connectivity index (χ0v) is 24.9. The van der Waals surface area contributed by atoms with E-state index in [2.05, 4.69) is 168 Å². The smallest absolute Gasteiger partial charge is 0.0332 e. The van der Waals surface area contributed by atoms with Crippen molar-refractivity contribution in [2.45, 2.75) is 0 Å². The zero-order valence-electron chi connectivity index (χ0n) is 23.3. The van der Waals surface area contributed by atoms with Gasteiger partial charge in [0.1, 0.15) is 0 Å². The topological polar surface area (TPSA) is 0 Å². The lowest BCUT2D eigenvalue weighted by Gasteiger charge is -2.19. The molecule has 0 spiro atoms. The highest BCUT2D eigenvalue weighted by atomic mass is 79.9. The van der Waals surface area contributed by atoms with E-state index in [0.29, 0.717) is 0 Å². The number of fused-ring (bicyclic) bond motifs is 7. The molecule has 0 heterocycles. The zero-order chi connectivity index (χ0) is 28.5. The maximum Gasteiger partial charge on any atom is 0.0332 e. The minimum atomic E-state index is 1.16. The number of rotatable bonds is 2. The van der Waals surface area contributed by atoms with E-state index in [9.17, 15) is 0 Å². The van der Waals surface area contributed by atoms with E-state index < -0.39 is 0 Å². The predicted molar refractivity (Wildman–Crippen MR) is 190 cm³/mol. The molecule has 0 aromatic heterocycles. The maximum atomic E-state index is 3.94. The molecule has 0 aliphatic carbocycles. The van der Waals surface area contributed by atoms with Crippen molar-refractivity contribution in [3.8, 4) is 22.3 Å². The first-order valence-corrected chi connectivity index (χ1v) is 15.5. The second-order valence-electron chi connectivity index (χ2n) is 11.4. The van der Waals surface area contributed by atoms with E-state index in [1.54, 1.807) is 0 Å². The van der Waals surface area contributed by atoms with E-state index >= 15 is 0 Å². The quantitative estimate of drug-likeness (QED) is 0.135. The highest BCUT2D eigenvalue weighted by Gasteiger charge is 2.19. The number of hydrogen-bond donors (Lipinski definition) is 0. The van der Waals surface area contributed by atoms with Crippen molar-refractivity contribution in [1.29, 1.82) is 0 Å². The molecule has 0 amide bonds. The van der Waals surface area contributed by atoms with Crippen LogP contribution in [0.1, 0.15) is 0 Å². The number of benzene rings is 9. The molecule has 9 aromatic carbocycles. The number of halogens is 1. The van der Waals surface area contributed by atoms with Gasteiger partial charge in [0.15, 0.2) is 0 Å². The molecular formula is C42H25Br. The Kier molecular flexibility index (Phi) is 5.45. The summed E-state index contributed by atoms with van der Waals surface area (Å²) < 4.78 is 1.16. The average Bonchev–Trinajstić information content (AvgIpc) is 3.07. The highest BCUT2D eigenvalue weighted by molar-refractivity contribution is 9.10. The summed E-state index contributed by atoms with van der Waals surface area (Å²) >= 11 is 3.94. The van der Waals surface area contributed by atoms with Crippen molar-refractivity contribution in [2.24, 2.45) is 0 Å². The molecule has 0 radical (unpaired) electrons. The molecular weight excluding hydrogens is 584 g/mol. The fourth-order valence-corrected chi connectivity index (χ4v) is 7.85. The Morgan fingerprint density at radius 2 is 0.860 bits per heavy atom. The second kappa shape index (κ2) is 9.52. The van der Waals surface area contributed by atoms with Crippen LogP contribution < -0.4 is 0 Å².